The third-order valence-corrected chi connectivity index (χ3v) is 4.01. The minimum Gasteiger partial charge on any atom is -0.344 e. The number of hydrogen-bond acceptors (Lipinski definition) is 2. The fourth-order valence-electron chi connectivity index (χ4n) is 2.87. The zero-order valence-electron chi connectivity index (χ0n) is 14.7. The summed E-state index contributed by atoms with van der Waals surface area (Å²) in [5.74, 6) is 1.10. The molecule has 1 aromatic rings. The summed E-state index contributed by atoms with van der Waals surface area (Å²) in [5.41, 5.74) is 2.39. The fourth-order valence-corrected chi connectivity index (χ4v) is 2.87. The number of hydrogen-bond donors (Lipinski definition) is 1. The van der Waals surface area contributed by atoms with Crippen LogP contribution in [-0.2, 0) is 0 Å². The minimum atomic E-state index is -0.0487. The lowest BCUT2D eigenvalue weighted by atomic mass is 10.1. The largest absolute Gasteiger partial charge is 0.344 e. The molecule has 1 fully saturated rings. The van der Waals surface area contributed by atoms with Crippen LogP contribution in [0, 0.1) is 6.92 Å². The summed E-state index contributed by atoms with van der Waals surface area (Å²) < 4.78 is 0. The van der Waals surface area contributed by atoms with E-state index in [2.05, 4.69) is 62.2 Å². The van der Waals surface area contributed by atoms with Crippen molar-refractivity contribution in [2.75, 3.05) is 25.0 Å². The number of amidine groups is 1. The molecule has 0 spiro atoms. The highest BCUT2D eigenvalue weighted by Crippen LogP contribution is 2.17. The van der Waals surface area contributed by atoms with Gasteiger partial charge < -0.3 is 10.2 Å². The van der Waals surface area contributed by atoms with Crippen LogP contribution in [0.25, 0.3) is 0 Å². The molecular formula is C19H31N3. The van der Waals surface area contributed by atoms with Gasteiger partial charge in [-0.2, -0.15) is 0 Å². The Bertz CT molecular complexity index is 494. The van der Waals surface area contributed by atoms with Gasteiger partial charge in [0.1, 0.15) is 5.84 Å². The van der Waals surface area contributed by atoms with Crippen molar-refractivity contribution in [1.82, 2.24) is 4.90 Å². The smallest absolute Gasteiger partial charge is 0.103 e. The molecule has 1 aliphatic rings. The number of anilines is 1. The lowest BCUT2D eigenvalue weighted by Crippen LogP contribution is -2.33. The molecule has 0 unspecified atom stereocenters. The molecule has 1 aliphatic heterocycles. The van der Waals surface area contributed by atoms with Crippen LogP contribution in [0.1, 0.15) is 52.0 Å². The van der Waals surface area contributed by atoms with Gasteiger partial charge in [0, 0.05) is 18.7 Å². The van der Waals surface area contributed by atoms with Crippen LogP contribution in [0.4, 0.5) is 5.69 Å². The van der Waals surface area contributed by atoms with Crippen LogP contribution in [0.5, 0.6) is 0 Å². The molecule has 0 aliphatic carbocycles. The van der Waals surface area contributed by atoms with Crippen molar-refractivity contribution >= 4 is 11.5 Å². The van der Waals surface area contributed by atoms with Gasteiger partial charge in [0.15, 0.2) is 0 Å². The Morgan fingerprint density at radius 1 is 1.14 bits per heavy atom. The Morgan fingerprint density at radius 3 is 2.45 bits per heavy atom. The van der Waals surface area contributed by atoms with Gasteiger partial charge in [-0.25, -0.2) is 0 Å². The van der Waals surface area contributed by atoms with Gasteiger partial charge in [-0.15, -0.1) is 0 Å². The normalized spacial score (nSPS) is 17.5. The van der Waals surface area contributed by atoms with Gasteiger partial charge in [0.2, 0.25) is 0 Å². The van der Waals surface area contributed by atoms with Crippen LogP contribution >= 0.6 is 0 Å². The Hall–Kier alpha value is -1.35. The summed E-state index contributed by atoms with van der Waals surface area (Å²) >= 11 is 0. The maximum atomic E-state index is 4.91. The molecule has 0 radical (unpaired) electrons. The molecule has 2 rings (SSSR count). The second-order valence-electron chi connectivity index (χ2n) is 7.32. The predicted octanol–water partition coefficient (Wildman–Crippen LogP) is 4.48. The van der Waals surface area contributed by atoms with Crippen molar-refractivity contribution in [2.45, 2.75) is 58.9 Å². The number of piperidine rings is 1. The molecule has 1 N–H and O–H groups in total. The number of rotatable bonds is 4. The summed E-state index contributed by atoms with van der Waals surface area (Å²) in [4.78, 5) is 7.48. The first-order valence-electron chi connectivity index (χ1n) is 8.58. The topological polar surface area (TPSA) is 27.6 Å². The first-order chi connectivity index (χ1) is 10.4. The van der Waals surface area contributed by atoms with Gasteiger partial charge >= 0.3 is 0 Å². The molecule has 1 heterocycles. The average Bonchev–Trinajstić information content (AvgIpc) is 2.47. The van der Waals surface area contributed by atoms with E-state index in [9.17, 15) is 0 Å². The highest BCUT2D eigenvalue weighted by atomic mass is 15.1. The van der Waals surface area contributed by atoms with Gasteiger partial charge in [-0.1, -0.05) is 24.6 Å². The number of benzene rings is 1. The molecule has 0 bridgehead atoms. The maximum Gasteiger partial charge on any atom is 0.103 e. The van der Waals surface area contributed by atoms with Crippen LogP contribution in [-0.4, -0.2) is 35.9 Å². The van der Waals surface area contributed by atoms with Crippen LogP contribution in [0.3, 0.4) is 0 Å². The number of aryl methyl sites for hydroxylation is 1. The van der Waals surface area contributed by atoms with Gasteiger partial charge in [-0.3, -0.25) is 4.99 Å². The van der Waals surface area contributed by atoms with Crippen molar-refractivity contribution in [3.05, 3.63) is 29.8 Å². The second kappa shape index (κ2) is 7.77. The molecule has 1 saturated heterocycles. The minimum absolute atomic E-state index is 0.0487. The Morgan fingerprint density at radius 2 is 1.82 bits per heavy atom. The summed E-state index contributed by atoms with van der Waals surface area (Å²) in [6, 6.07) is 8.43. The van der Waals surface area contributed by atoms with Crippen LogP contribution < -0.4 is 5.32 Å². The van der Waals surface area contributed by atoms with Crippen molar-refractivity contribution in [3.8, 4) is 0 Å². The van der Waals surface area contributed by atoms with Crippen LogP contribution in [0.2, 0.25) is 0 Å². The Kier molecular flexibility index (Phi) is 6.01. The molecule has 3 nitrogen and oxygen atoms in total. The van der Waals surface area contributed by atoms with E-state index < -0.39 is 0 Å². The van der Waals surface area contributed by atoms with Gasteiger partial charge in [-0.05, 0) is 65.3 Å². The zero-order chi connectivity index (χ0) is 16.0. The number of para-hydroxylation sites is 1. The number of aliphatic imine (C=N–C) groups is 1. The van der Waals surface area contributed by atoms with E-state index in [1.54, 1.807) is 0 Å². The molecule has 3 heteroatoms. The summed E-state index contributed by atoms with van der Waals surface area (Å²) in [5, 5.41) is 3.57. The average molecular weight is 301 g/mol. The number of likely N-dealkylation sites (tertiary alicyclic amines) is 1. The molecule has 0 atom stereocenters. The van der Waals surface area contributed by atoms with Crippen molar-refractivity contribution in [3.63, 3.8) is 0 Å². The second-order valence-corrected chi connectivity index (χ2v) is 7.32. The van der Waals surface area contributed by atoms with Gasteiger partial charge in [0.05, 0.1) is 5.54 Å². The summed E-state index contributed by atoms with van der Waals surface area (Å²) in [6.45, 7) is 12.2. The van der Waals surface area contributed by atoms with Crippen LogP contribution in [0.15, 0.2) is 29.3 Å². The molecule has 1 aromatic carbocycles. The number of nitrogens with one attached hydrogen (secondary N) is 1. The molecule has 0 amide bonds. The molecular weight excluding hydrogens is 270 g/mol. The first kappa shape index (κ1) is 17.0. The number of nitrogens with zero attached hydrogens (tertiary/aromatic N) is 2. The van der Waals surface area contributed by atoms with E-state index in [1.807, 2.05) is 0 Å². The fraction of sp³-hybridized carbons (Fsp3) is 0.632. The van der Waals surface area contributed by atoms with E-state index in [0.717, 1.165) is 18.8 Å². The zero-order valence-corrected chi connectivity index (χ0v) is 14.7. The van der Waals surface area contributed by atoms with E-state index in [0.29, 0.717) is 0 Å². The highest BCUT2D eigenvalue weighted by Gasteiger charge is 2.14. The van der Waals surface area contributed by atoms with E-state index >= 15 is 0 Å². The maximum absolute atomic E-state index is 4.91. The Labute approximate surface area is 135 Å². The lowest BCUT2D eigenvalue weighted by Gasteiger charge is -2.27. The summed E-state index contributed by atoms with van der Waals surface area (Å²) in [6.07, 6.45) is 5.07. The van der Waals surface area contributed by atoms with E-state index in [4.69, 9.17) is 4.99 Å². The quantitative estimate of drug-likeness (QED) is 0.656. The lowest BCUT2D eigenvalue weighted by molar-refractivity contribution is 0.235. The van der Waals surface area contributed by atoms with E-state index in [-0.39, 0.29) is 5.54 Å². The SMILES string of the molecule is Cc1ccccc1NC(CCN1CCCCC1)=NC(C)(C)C. The standard InChI is InChI=1S/C19H31N3/c1-16-10-6-7-11-17(16)20-18(21-19(2,3)4)12-15-22-13-8-5-9-14-22/h6-7,10-11H,5,8-9,12-15H2,1-4H3,(H,20,21). The van der Waals surface area contributed by atoms with Crippen molar-refractivity contribution in [2.24, 2.45) is 4.99 Å². The predicted molar refractivity (Wildman–Crippen MR) is 96.9 cm³/mol. The molecule has 0 aromatic heterocycles. The van der Waals surface area contributed by atoms with Crippen molar-refractivity contribution in [1.29, 1.82) is 0 Å². The third-order valence-electron chi connectivity index (χ3n) is 4.01. The van der Waals surface area contributed by atoms with E-state index in [1.165, 1.54) is 43.6 Å². The molecule has 122 valence electrons. The molecule has 22 heavy (non-hydrogen) atoms. The highest BCUT2D eigenvalue weighted by molar-refractivity contribution is 5.96. The van der Waals surface area contributed by atoms with Crippen molar-refractivity contribution < 1.29 is 0 Å². The summed E-state index contributed by atoms with van der Waals surface area (Å²) in [7, 11) is 0. The molecule has 0 saturated carbocycles. The third kappa shape index (κ3) is 5.80. The first-order valence-corrected chi connectivity index (χ1v) is 8.58. The van der Waals surface area contributed by atoms with Gasteiger partial charge in [0.25, 0.3) is 0 Å². The monoisotopic (exact) mass is 301 g/mol. The Balaban J connectivity index is 2.03.